The van der Waals surface area contributed by atoms with Gasteiger partial charge in [0.1, 0.15) is 5.01 Å². The monoisotopic (exact) mass is 299 g/mol. The molecule has 0 bridgehead atoms. The lowest BCUT2D eigenvalue weighted by Crippen LogP contribution is -2.17. The third-order valence-electron chi connectivity index (χ3n) is 3.59. The van der Waals surface area contributed by atoms with Crippen LogP contribution < -0.4 is 5.32 Å². The molecule has 0 saturated carbocycles. The van der Waals surface area contributed by atoms with E-state index < -0.39 is 0 Å². The summed E-state index contributed by atoms with van der Waals surface area (Å²) in [4.78, 5) is 4.61. The minimum atomic E-state index is 0.856. The Balaban J connectivity index is 1.94. The van der Waals surface area contributed by atoms with E-state index in [0.717, 1.165) is 31.7 Å². The SMILES string of the molecule is CCCNCc1cc2ccccc2n1Cc1nc(C)cs1. The van der Waals surface area contributed by atoms with Crippen molar-refractivity contribution in [3.05, 3.63) is 52.1 Å². The summed E-state index contributed by atoms with van der Waals surface area (Å²) in [5.74, 6) is 0. The number of nitrogens with one attached hydrogen (secondary N) is 1. The number of aromatic nitrogens is 2. The van der Waals surface area contributed by atoms with Gasteiger partial charge in [0.2, 0.25) is 0 Å². The first-order valence-corrected chi connectivity index (χ1v) is 8.34. The van der Waals surface area contributed by atoms with Gasteiger partial charge in [-0.25, -0.2) is 4.98 Å². The van der Waals surface area contributed by atoms with E-state index in [-0.39, 0.29) is 0 Å². The van der Waals surface area contributed by atoms with Crippen LogP contribution in [0.15, 0.2) is 35.7 Å². The average Bonchev–Trinajstić information content (AvgIpc) is 3.05. The minimum Gasteiger partial charge on any atom is -0.336 e. The molecule has 0 aliphatic heterocycles. The maximum absolute atomic E-state index is 4.61. The molecular weight excluding hydrogens is 278 g/mol. The molecule has 0 saturated heterocycles. The van der Waals surface area contributed by atoms with Gasteiger partial charge in [-0.2, -0.15) is 0 Å². The van der Waals surface area contributed by atoms with Gasteiger partial charge in [-0.3, -0.25) is 0 Å². The molecule has 1 N–H and O–H groups in total. The summed E-state index contributed by atoms with van der Waals surface area (Å²) < 4.78 is 2.39. The molecule has 0 atom stereocenters. The molecule has 0 spiro atoms. The highest BCUT2D eigenvalue weighted by Gasteiger charge is 2.10. The second-order valence-corrected chi connectivity index (χ2v) is 6.28. The fourth-order valence-electron chi connectivity index (χ4n) is 2.60. The predicted molar refractivity (Wildman–Crippen MR) is 89.9 cm³/mol. The molecule has 3 aromatic rings. The van der Waals surface area contributed by atoms with E-state index in [2.05, 4.69) is 64.4 Å². The van der Waals surface area contributed by atoms with Gasteiger partial charge < -0.3 is 9.88 Å². The number of nitrogens with zero attached hydrogens (tertiary/aromatic N) is 2. The van der Waals surface area contributed by atoms with Crippen LogP contribution in [0.5, 0.6) is 0 Å². The molecule has 0 aliphatic carbocycles. The van der Waals surface area contributed by atoms with Crippen molar-refractivity contribution < 1.29 is 0 Å². The molecule has 1 aromatic carbocycles. The molecule has 21 heavy (non-hydrogen) atoms. The number of rotatable bonds is 6. The molecule has 4 heteroatoms. The molecule has 3 nitrogen and oxygen atoms in total. The minimum absolute atomic E-state index is 0.856. The maximum Gasteiger partial charge on any atom is 0.113 e. The lowest BCUT2D eigenvalue weighted by molar-refractivity contribution is 0.635. The van der Waals surface area contributed by atoms with Crippen molar-refractivity contribution in [2.45, 2.75) is 33.4 Å². The molecule has 2 heterocycles. The number of hydrogen-bond acceptors (Lipinski definition) is 3. The van der Waals surface area contributed by atoms with Crippen molar-refractivity contribution >= 4 is 22.2 Å². The van der Waals surface area contributed by atoms with Crippen LogP contribution in [0.4, 0.5) is 0 Å². The summed E-state index contributed by atoms with van der Waals surface area (Å²) in [5.41, 5.74) is 3.73. The fraction of sp³-hybridized carbons (Fsp3) is 0.353. The smallest absolute Gasteiger partial charge is 0.113 e. The number of fused-ring (bicyclic) bond motifs is 1. The van der Waals surface area contributed by atoms with Crippen molar-refractivity contribution in [1.82, 2.24) is 14.9 Å². The second-order valence-electron chi connectivity index (χ2n) is 5.34. The van der Waals surface area contributed by atoms with Gasteiger partial charge in [-0.15, -0.1) is 11.3 Å². The zero-order valence-corrected chi connectivity index (χ0v) is 13.4. The topological polar surface area (TPSA) is 29.9 Å². The lowest BCUT2D eigenvalue weighted by atomic mass is 10.2. The lowest BCUT2D eigenvalue weighted by Gasteiger charge is -2.10. The molecule has 3 rings (SSSR count). The van der Waals surface area contributed by atoms with Gasteiger partial charge in [-0.05, 0) is 37.4 Å². The predicted octanol–water partition coefficient (Wildman–Crippen LogP) is 3.95. The highest BCUT2D eigenvalue weighted by atomic mass is 32.1. The summed E-state index contributed by atoms with van der Waals surface area (Å²) in [6.07, 6.45) is 1.16. The molecule has 0 fully saturated rings. The molecular formula is C17H21N3S. The van der Waals surface area contributed by atoms with Crippen LogP contribution in [0.3, 0.4) is 0 Å². The normalized spacial score (nSPS) is 11.3. The summed E-state index contributed by atoms with van der Waals surface area (Å²) in [6.45, 7) is 7.07. The fourth-order valence-corrected chi connectivity index (χ4v) is 3.36. The average molecular weight is 299 g/mol. The molecule has 0 aliphatic rings. The van der Waals surface area contributed by atoms with E-state index in [0.29, 0.717) is 0 Å². The van der Waals surface area contributed by atoms with Crippen molar-refractivity contribution in [3.63, 3.8) is 0 Å². The standard InChI is InChI=1S/C17H21N3S/c1-3-8-18-10-15-9-14-6-4-5-7-16(14)20(15)11-17-19-13(2)12-21-17/h4-7,9,12,18H,3,8,10-11H2,1-2H3. The zero-order valence-electron chi connectivity index (χ0n) is 12.6. The van der Waals surface area contributed by atoms with Crippen molar-refractivity contribution in [2.75, 3.05) is 6.54 Å². The van der Waals surface area contributed by atoms with Crippen LogP contribution in [0.25, 0.3) is 10.9 Å². The van der Waals surface area contributed by atoms with Crippen LogP contribution >= 0.6 is 11.3 Å². The van der Waals surface area contributed by atoms with E-state index in [1.54, 1.807) is 11.3 Å². The Kier molecular flexibility index (Phi) is 4.36. The van der Waals surface area contributed by atoms with E-state index in [1.165, 1.54) is 21.6 Å². The largest absolute Gasteiger partial charge is 0.336 e. The summed E-state index contributed by atoms with van der Waals surface area (Å²) >= 11 is 1.74. The van der Waals surface area contributed by atoms with Crippen LogP contribution in [0, 0.1) is 6.92 Å². The molecule has 0 amide bonds. The molecule has 110 valence electrons. The Hall–Kier alpha value is -1.65. The van der Waals surface area contributed by atoms with Crippen LogP contribution in [0.1, 0.15) is 29.7 Å². The van der Waals surface area contributed by atoms with Gasteiger partial charge in [0.25, 0.3) is 0 Å². The zero-order chi connectivity index (χ0) is 14.7. The highest BCUT2D eigenvalue weighted by molar-refractivity contribution is 7.09. The highest BCUT2D eigenvalue weighted by Crippen LogP contribution is 2.22. The van der Waals surface area contributed by atoms with Crippen molar-refractivity contribution in [3.8, 4) is 0 Å². The van der Waals surface area contributed by atoms with Gasteiger partial charge in [0.15, 0.2) is 0 Å². The van der Waals surface area contributed by atoms with Gasteiger partial charge in [0, 0.05) is 28.8 Å². The van der Waals surface area contributed by atoms with E-state index in [1.807, 2.05) is 0 Å². The van der Waals surface area contributed by atoms with Gasteiger partial charge in [-0.1, -0.05) is 25.1 Å². The van der Waals surface area contributed by atoms with Crippen LogP contribution in [0.2, 0.25) is 0 Å². The number of para-hydroxylation sites is 1. The third kappa shape index (κ3) is 3.17. The maximum atomic E-state index is 4.61. The Morgan fingerprint density at radius 3 is 2.90 bits per heavy atom. The van der Waals surface area contributed by atoms with Crippen LogP contribution in [-0.2, 0) is 13.1 Å². The number of thiazole rings is 1. The number of aryl methyl sites for hydroxylation is 1. The first kappa shape index (κ1) is 14.3. The quantitative estimate of drug-likeness (QED) is 0.698. The molecule has 0 radical (unpaired) electrons. The van der Waals surface area contributed by atoms with Crippen LogP contribution in [-0.4, -0.2) is 16.1 Å². The first-order chi connectivity index (χ1) is 10.3. The number of hydrogen-bond donors (Lipinski definition) is 1. The summed E-state index contributed by atoms with van der Waals surface area (Å²) in [5, 5.41) is 8.10. The van der Waals surface area contributed by atoms with Crippen molar-refractivity contribution in [2.24, 2.45) is 0 Å². The Morgan fingerprint density at radius 1 is 1.29 bits per heavy atom. The molecule has 0 unspecified atom stereocenters. The summed E-state index contributed by atoms with van der Waals surface area (Å²) in [6, 6.07) is 10.9. The first-order valence-electron chi connectivity index (χ1n) is 7.47. The molecule has 2 aromatic heterocycles. The van der Waals surface area contributed by atoms with E-state index >= 15 is 0 Å². The van der Waals surface area contributed by atoms with Gasteiger partial charge in [0.05, 0.1) is 6.54 Å². The Bertz CT molecular complexity index is 727. The van der Waals surface area contributed by atoms with E-state index in [4.69, 9.17) is 0 Å². The third-order valence-corrected chi connectivity index (χ3v) is 4.54. The summed E-state index contributed by atoms with van der Waals surface area (Å²) in [7, 11) is 0. The Morgan fingerprint density at radius 2 is 2.14 bits per heavy atom. The Labute approximate surface area is 129 Å². The van der Waals surface area contributed by atoms with E-state index in [9.17, 15) is 0 Å². The second kappa shape index (κ2) is 6.41. The van der Waals surface area contributed by atoms with Gasteiger partial charge >= 0.3 is 0 Å². The number of benzene rings is 1. The van der Waals surface area contributed by atoms with Crippen molar-refractivity contribution in [1.29, 1.82) is 0 Å².